The molecule has 2 aromatic carbocycles. The summed E-state index contributed by atoms with van der Waals surface area (Å²) in [6, 6.07) is 16.7. The molecule has 5 rings (SSSR count). The van der Waals surface area contributed by atoms with Crippen molar-refractivity contribution >= 4 is 57.5 Å². The molecule has 3 aliphatic heterocycles. The van der Waals surface area contributed by atoms with Gasteiger partial charge < -0.3 is 0 Å². The van der Waals surface area contributed by atoms with Gasteiger partial charge in [0.15, 0.2) is 5.17 Å². The van der Waals surface area contributed by atoms with E-state index < -0.39 is 5.92 Å². The van der Waals surface area contributed by atoms with Crippen LogP contribution >= 0.6 is 23.4 Å². The summed E-state index contributed by atoms with van der Waals surface area (Å²) in [5.74, 6) is -0.545. The number of aliphatic imine (C=N–C) groups is 1. The van der Waals surface area contributed by atoms with Gasteiger partial charge in [-0.05, 0) is 36.8 Å². The molecule has 2 amide bonds. The van der Waals surface area contributed by atoms with Crippen molar-refractivity contribution in [2.45, 2.75) is 19.4 Å². The minimum atomic E-state index is -0.539. The molecular formula is C22H18ClN5O2S. The van der Waals surface area contributed by atoms with E-state index in [0.29, 0.717) is 33.8 Å². The monoisotopic (exact) mass is 451 g/mol. The Balaban J connectivity index is 1.48. The largest absolute Gasteiger partial charge is 0.272 e. The van der Waals surface area contributed by atoms with E-state index >= 15 is 0 Å². The van der Waals surface area contributed by atoms with Crippen LogP contribution in [0, 0.1) is 5.92 Å². The molecule has 156 valence electrons. The predicted octanol–water partition coefficient (Wildman–Crippen LogP) is 4.11. The van der Waals surface area contributed by atoms with Gasteiger partial charge in [-0.25, -0.2) is 5.01 Å². The molecule has 2 unspecified atom stereocenters. The average molecular weight is 452 g/mol. The van der Waals surface area contributed by atoms with Gasteiger partial charge in [0.05, 0.1) is 28.9 Å². The number of hydrogen-bond donors (Lipinski definition) is 0. The lowest BCUT2D eigenvalue weighted by Crippen LogP contribution is -2.32. The average Bonchev–Trinajstić information content (AvgIpc) is 3.46. The Labute approximate surface area is 188 Å². The molecule has 3 heterocycles. The molecule has 0 saturated heterocycles. The van der Waals surface area contributed by atoms with Gasteiger partial charge >= 0.3 is 0 Å². The van der Waals surface area contributed by atoms with Crippen molar-refractivity contribution in [3.05, 3.63) is 65.2 Å². The van der Waals surface area contributed by atoms with E-state index in [9.17, 15) is 9.59 Å². The standard InChI is InChI=1S/C22H18ClN5O2S/c1-13-20(21(30)27(25-13)16-5-3-2-4-6-16)17-11-18(14-7-9-15(23)10-8-14)28(26-17)22-24-19(29)12-31-22/h2-10,18,20H,11-12H2,1H3. The van der Waals surface area contributed by atoms with Crippen LogP contribution in [0.5, 0.6) is 0 Å². The van der Waals surface area contributed by atoms with Crippen LogP contribution in [0.4, 0.5) is 5.69 Å². The summed E-state index contributed by atoms with van der Waals surface area (Å²) >= 11 is 7.43. The Morgan fingerprint density at radius 3 is 2.45 bits per heavy atom. The van der Waals surface area contributed by atoms with Crippen molar-refractivity contribution in [3.63, 3.8) is 0 Å². The van der Waals surface area contributed by atoms with Gasteiger partial charge in [0.1, 0.15) is 5.92 Å². The first-order valence-electron chi connectivity index (χ1n) is 9.82. The van der Waals surface area contributed by atoms with E-state index in [1.165, 1.54) is 16.8 Å². The minimum Gasteiger partial charge on any atom is -0.272 e. The fourth-order valence-corrected chi connectivity index (χ4v) is 4.86. The zero-order chi connectivity index (χ0) is 21.5. The van der Waals surface area contributed by atoms with Gasteiger partial charge in [-0.2, -0.15) is 20.2 Å². The van der Waals surface area contributed by atoms with Gasteiger partial charge in [-0.15, -0.1) is 0 Å². The molecular weight excluding hydrogens is 434 g/mol. The Kier molecular flexibility index (Phi) is 5.11. The molecule has 0 bridgehead atoms. The lowest BCUT2D eigenvalue weighted by Gasteiger charge is -2.22. The first kappa shape index (κ1) is 20.0. The highest BCUT2D eigenvalue weighted by molar-refractivity contribution is 8.14. The molecule has 0 spiro atoms. The SMILES string of the molecule is CC1=NN(c2ccccc2)C(=O)C1C1=NN(C2=NC(=O)CS2)C(c2ccc(Cl)cc2)C1. The first-order valence-corrected chi connectivity index (χ1v) is 11.2. The third-order valence-corrected chi connectivity index (χ3v) is 6.57. The lowest BCUT2D eigenvalue weighted by atomic mass is 9.92. The van der Waals surface area contributed by atoms with Gasteiger partial charge in [-0.3, -0.25) is 9.59 Å². The van der Waals surface area contributed by atoms with Crippen LogP contribution in [0.1, 0.15) is 24.9 Å². The summed E-state index contributed by atoms with van der Waals surface area (Å²) in [7, 11) is 0. The van der Waals surface area contributed by atoms with E-state index in [1.54, 1.807) is 5.01 Å². The third kappa shape index (κ3) is 3.66. The first-order chi connectivity index (χ1) is 15.0. The number of carbonyl (C=O) groups is 2. The fourth-order valence-electron chi connectivity index (χ4n) is 3.95. The summed E-state index contributed by atoms with van der Waals surface area (Å²) < 4.78 is 0. The maximum absolute atomic E-state index is 13.3. The normalized spacial score (nSPS) is 23.4. The zero-order valence-corrected chi connectivity index (χ0v) is 18.2. The number of nitrogens with zero attached hydrogens (tertiary/aromatic N) is 5. The molecule has 3 aliphatic rings. The number of amides is 2. The van der Waals surface area contributed by atoms with Crippen molar-refractivity contribution in [3.8, 4) is 0 Å². The molecule has 0 radical (unpaired) electrons. The van der Waals surface area contributed by atoms with Crippen LogP contribution in [-0.2, 0) is 9.59 Å². The molecule has 0 saturated carbocycles. The highest BCUT2D eigenvalue weighted by Gasteiger charge is 2.44. The van der Waals surface area contributed by atoms with Crippen molar-refractivity contribution in [2.75, 3.05) is 10.8 Å². The summed E-state index contributed by atoms with van der Waals surface area (Å²) in [5.41, 5.74) is 3.12. The van der Waals surface area contributed by atoms with Gasteiger partial charge in [0.2, 0.25) is 0 Å². The number of halogens is 1. The number of thioether (sulfide) groups is 1. The Morgan fingerprint density at radius 2 is 1.77 bits per heavy atom. The lowest BCUT2D eigenvalue weighted by molar-refractivity contribution is -0.118. The number of benzene rings is 2. The van der Waals surface area contributed by atoms with E-state index in [0.717, 1.165) is 11.3 Å². The quantitative estimate of drug-likeness (QED) is 0.703. The van der Waals surface area contributed by atoms with Crippen molar-refractivity contribution in [2.24, 2.45) is 21.1 Å². The highest BCUT2D eigenvalue weighted by Crippen LogP contribution is 2.38. The molecule has 0 aromatic heterocycles. The van der Waals surface area contributed by atoms with Gasteiger partial charge in [0.25, 0.3) is 11.8 Å². The third-order valence-electron chi connectivity index (χ3n) is 5.39. The number of amidine groups is 1. The van der Waals surface area contributed by atoms with Crippen molar-refractivity contribution in [1.29, 1.82) is 0 Å². The van der Waals surface area contributed by atoms with Crippen LogP contribution in [0.25, 0.3) is 0 Å². The van der Waals surface area contributed by atoms with E-state index in [1.807, 2.05) is 61.5 Å². The van der Waals surface area contributed by atoms with Crippen LogP contribution in [0.2, 0.25) is 5.02 Å². The second-order valence-corrected chi connectivity index (χ2v) is 8.82. The van der Waals surface area contributed by atoms with E-state index in [-0.39, 0.29) is 17.9 Å². The highest BCUT2D eigenvalue weighted by atomic mass is 35.5. The topological polar surface area (TPSA) is 77.7 Å². The van der Waals surface area contributed by atoms with Crippen LogP contribution in [0.15, 0.2) is 69.8 Å². The Morgan fingerprint density at radius 1 is 1.03 bits per heavy atom. The number of hydrazone groups is 2. The summed E-state index contributed by atoms with van der Waals surface area (Å²) in [4.78, 5) is 29.2. The smallest absolute Gasteiger partial charge is 0.262 e. The molecule has 0 aliphatic carbocycles. The van der Waals surface area contributed by atoms with E-state index in [4.69, 9.17) is 16.7 Å². The van der Waals surface area contributed by atoms with Crippen molar-refractivity contribution in [1.82, 2.24) is 5.01 Å². The second-order valence-electron chi connectivity index (χ2n) is 7.44. The molecule has 2 atom stereocenters. The molecule has 0 N–H and O–H groups in total. The van der Waals surface area contributed by atoms with Crippen LogP contribution in [0.3, 0.4) is 0 Å². The number of anilines is 1. The Bertz CT molecular complexity index is 1150. The molecule has 0 fully saturated rings. The van der Waals surface area contributed by atoms with Crippen molar-refractivity contribution < 1.29 is 9.59 Å². The fraction of sp³-hybridized carbons (Fsp3) is 0.227. The van der Waals surface area contributed by atoms with Gasteiger partial charge in [0, 0.05) is 11.4 Å². The number of para-hydroxylation sites is 1. The van der Waals surface area contributed by atoms with Gasteiger partial charge in [-0.1, -0.05) is 53.7 Å². The van der Waals surface area contributed by atoms with Crippen LogP contribution < -0.4 is 5.01 Å². The minimum absolute atomic E-state index is 0.128. The number of carbonyl (C=O) groups excluding carboxylic acids is 2. The molecule has 2 aromatic rings. The molecule has 31 heavy (non-hydrogen) atoms. The predicted molar refractivity (Wildman–Crippen MR) is 124 cm³/mol. The number of hydrogen-bond acceptors (Lipinski definition) is 6. The summed E-state index contributed by atoms with van der Waals surface area (Å²) in [6.07, 6.45) is 0.529. The molecule has 9 heteroatoms. The maximum atomic E-state index is 13.3. The zero-order valence-electron chi connectivity index (χ0n) is 16.6. The summed E-state index contributed by atoms with van der Waals surface area (Å²) in [6.45, 7) is 1.85. The van der Waals surface area contributed by atoms with Crippen LogP contribution in [-0.4, -0.2) is 39.2 Å². The van der Waals surface area contributed by atoms with E-state index in [2.05, 4.69) is 10.1 Å². The Hall–Kier alpha value is -2.97. The second kappa shape index (κ2) is 7.94. The maximum Gasteiger partial charge on any atom is 0.262 e. The molecule has 7 nitrogen and oxygen atoms in total. The summed E-state index contributed by atoms with van der Waals surface area (Å²) in [5, 5.41) is 13.7. The number of rotatable bonds is 3.